The highest BCUT2D eigenvalue weighted by Crippen LogP contribution is 2.48. The first kappa shape index (κ1) is 16.5. The molecule has 0 saturated heterocycles. The van der Waals surface area contributed by atoms with Gasteiger partial charge < -0.3 is 5.32 Å². The van der Waals surface area contributed by atoms with Gasteiger partial charge in [0, 0.05) is 19.0 Å². The molecule has 6 heteroatoms. The zero-order chi connectivity index (χ0) is 16.3. The number of sulfonamides is 1. The lowest BCUT2D eigenvalue weighted by atomic mass is 9.88. The van der Waals surface area contributed by atoms with E-state index in [1.165, 1.54) is 19.3 Å². The lowest BCUT2D eigenvalue weighted by Crippen LogP contribution is -2.39. The maximum absolute atomic E-state index is 12.2. The summed E-state index contributed by atoms with van der Waals surface area (Å²) < 4.78 is 26.5. The molecule has 3 atom stereocenters. The van der Waals surface area contributed by atoms with Crippen LogP contribution in [0.5, 0.6) is 0 Å². The average molecular weight is 336 g/mol. The molecule has 2 bridgehead atoms. The van der Waals surface area contributed by atoms with Gasteiger partial charge in [-0.05, 0) is 36.7 Å². The Morgan fingerprint density at radius 3 is 2.52 bits per heavy atom. The van der Waals surface area contributed by atoms with Crippen molar-refractivity contribution in [2.45, 2.75) is 31.4 Å². The molecule has 0 aliphatic heterocycles. The average Bonchev–Trinajstić information content (AvgIpc) is 3.15. The molecule has 2 fully saturated rings. The van der Waals surface area contributed by atoms with Crippen molar-refractivity contribution in [1.82, 2.24) is 10.0 Å². The van der Waals surface area contributed by atoms with Crippen molar-refractivity contribution in [3.8, 4) is 0 Å². The molecule has 0 heterocycles. The molecule has 1 aromatic rings. The van der Waals surface area contributed by atoms with Gasteiger partial charge in [0.25, 0.3) is 0 Å². The highest BCUT2D eigenvalue weighted by Gasteiger charge is 2.42. The topological polar surface area (TPSA) is 75.3 Å². The van der Waals surface area contributed by atoms with Gasteiger partial charge in [0.15, 0.2) is 0 Å². The molecule has 1 amide bonds. The molecule has 23 heavy (non-hydrogen) atoms. The van der Waals surface area contributed by atoms with Gasteiger partial charge in [-0.25, -0.2) is 13.1 Å². The Kier molecular flexibility index (Phi) is 5.02. The predicted molar refractivity (Wildman–Crippen MR) is 89.0 cm³/mol. The van der Waals surface area contributed by atoms with Crippen LogP contribution in [0.2, 0.25) is 0 Å². The van der Waals surface area contributed by atoms with E-state index in [0.717, 1.165) is 17.9 Å². The molecule has 2 aliphatic rings. The van der Waals surface area contributed by atoms with E-state index in [0.29, 0.717) is 12.5 Å². The quantitative estimate of drug-likeness (QED) is 0.744. The summed E-state index contributed by atoms with van der Waals surface area (Å²) in [6, 6.07) is 9.07. The van der Waals surface area contributed by atoms with Crippen molar-refractivity contribution in [2.24, 2.45) is 17.8 Å². The van der Waals surface area contributed by atoms with E-state index >= 15 is 0 Å². The molecule has 5 nitrogen and oxygen atoms in total. The molecule has 0 radical (unpaired) electrons. The number of hydrogen-bond donors (Lipinski definition) is 2. The lowest BCUT2D eigenvalue weighted by molar-refractivity contribution is -0.126. The Bertz CT molecular complexity index is 645. The highest BCUT2D eigenvalue weighted by atomic mass is 32.2. The van der Waals surface area contributed by atoms with Gasteiger partial charge in [-0.1, -0.05) is 36.8 Å². The number of hydrogen-bond acceptors (Lipinski definition) is 3. The molecular formula is C17H24N2O3S. The third kappa shape index (κ3) is 4.32. The van der Waals surface area contributed by atoms with E-state index in [9.17, 15) is 13.2 Å². The Balaban J connectivity index is 1.38. The summed E-state index contributed by atoms with van der Waals surface area (Å²) in [7, 11) is -3.36. The Morgan fingerprint density at radius 1 is 1.09 bits per heavy atom. The Hall–Kier alpha value is -1.40. The van der Waals surface area contributed by atoms with Crippen LogP contribution in [0.15, 0.2) is 30.3 Å². The van der Waals surface area contributed by atoms with Crippen LogP contribution < -0.4 is 10.0 Å². The maximum atomic E-state index is 12.2. The maximum Gasteiger partial charge on any atom is 0.223 e. The first-order chi connectivity index (χ1) is 11.0. The van der Waals surface area contributed by atoms with Gasteiger partial charge in [0.2, 0.25) is 15.9 Å². The number of rotatable bonds is 7. The van der Waals surface area contributed by atoms with Gasteiger partial charge in [0.1, 0.15) is 0 Å². The molecule has 2 saturated carbocycles. The molecule has 1 aromatic carbocycles. The largest absolute Gasteiger partial charge is 0.355 e. The summed E-state index contributed by atoms with van der Waals surface area (Å²) >= 11 is 0. The van der Waals surface area contributed by atoms with E-state index in [1.807, 2.05) is 18.2 Å². The van der Waals surface area contributed by atoms with E-state index in [-0.39, 0.29) is 24.1 Å². The zero-order valence-corrected chi connectivity index (χ0v) is 14.0. The van der Waals surface area contributed by atoms with Crippen molar-refractivity contribution < 1.29 is 13.2 Å². The second-order valence-electron chi connectivity index (χ2n) is 6.71. The summed E-state index contributed by atoms with van der Waals surface area (Å²) in [5.74, 6) is 1.50. The molecule has 0 unspecified atom stereocenters. The fourth-order valence-electron chi connectivity index (χ4n) is 3.93. The number of carbonyl (C=O) groups is 1. The van der Waals surface area contributed by atoms with E-state index in [4.69, 9.17) is 0 Å². The van der Waals surface area contributed by atoms with Crippen LogP contribution in [-0.4, -0.2) is 27.4 Å². The second-order valence-corrected chi connectivity index (χ2v) is 8.52. The van der Waals surface area contributed by atoms with E-state index in [2.05, 4.69) is 10.0 Å². The van der Waals surface area contributed by atoms with Crippen LogP contribution in [0.1, 0.15) is 31.2 Å². The van der Waals surface area contributed by atoms with Crippen LogP contribution in [0.3, 0.4) is 0 Å². The number of fused-ring (bicyclic) bond motifs is 2. The standard InChI is InChI=1S/C17H24N2O3S/c20-17(16-11-14-6-7-15(16)10-14)18-8-9-19-23(21,22)12-13-4-2-1-3-5-13/h1-5,14-16,19H,6-12H2,(H,18,20)/t14-,15-,16-/m0/s1. The second kappa shape index (κ2) is 7.01. The van der Waals surface area contributed by atoms with Gasteiger partial charge in [-0.2, -0.15) is 0 Å². The third-order valence-corrected chi connectivity index (χ3v) is 6.38. The minimum absolute atomic E-state index is 0.0336. The smallest absolute Gasteiger partial charge is 0.223 e. The monoisotopic (exact) mass is 336 g/mol. The number of amides is 1. The fraction of sp³-hybridized carbons (Fsp3) is 0.588. The van der Waals surface area contributed by atoms with Crippen molar-refractivity contribution in [2.75, 3.05) is 13.1 Å². The summed E-state index contributed by atoms with van der Waals surface area (Å²) in [5.41, 5.74) is 0.756. The summed E-state index contributed by atoms with van der Waals surface area (Å²) in [6.07, 6.45) is 4.65. The fourth-order valence-corrected chi connectivity index (χ4v) is 5.08. The van der Waals surface area contributed by atoms with Crippen LogP contribution in [-0.2, 0) is 20.6 Å². The van der Waals surface area contributed by atoms with Crippen molar-refractivity contribution in [3.05, 3.63) is 35.9 Å². The molecule has 0 spiro atoms. The molecular weight excluding hydrogens is 312 g/mol. The third-order valence-electron chi connectivity index (χ3n) is 5.02. The SMILES string of the molecule is O=C(NCCNS(=O)(=O)Cc1ccccc1)[C@H]1C[C@H]2CC[C@H]1C2. The minimum Gasteiger partial charge on any atom is -0.355 e. The van der Waals surface area contributed by atoms with E-state index in [1.54, 1.807) is 12.1 Å². The Labute approximate surface area is 137 Å². The van der Waals surface area contributed by atoms with Crippen molar-refractivity contribution in [1.29, 1.82) is 0 Å². The summed E-state index contributed by atoms with van der Waals surface area (Å²) in [5, 5.41) is 2.88. The van der Waals surface area contributed by atoms with Crippen LogP contribution in [0, 0.1) is 17.8 Å². The molecule has 126 valence electrons. The summed E-state index contributed by atoms with van der Waals surface area (Å²) in [6.45, 7) is 0.586. The summed E-state index contributed by atoms with van der Waals surface area (Å²) in [4.78, 5) is 12.2. The number of carbonyl (C=O) groups excluding carboxylic acids is 1. The molecule has 2 aliphatic carbocycles. The number of nitrogens with one attached hydrogen (secondary N) is 2. The van der Waals surface area contributed by atoms with Gasteiger partial charge in [-0.3, -0.25) is 4.79 Å². The number of benzene rings is 1. The predicted octanol–water partition coefficient (Wildman–Crippen LogP) is 1.66. The lowest BCUT2D eigenvalue weighted by Gasteiger charge is -2.20. The van der Waals surface area contributed by atoms with Crippen LogP contribution in [0.25, 0.3) is 0 Å². The minimum atomic E-state index is -3.36. The first-order valence-corrected chi connectivity index (χ1v) is 9.98. The molecule has 3 rings (SSSR count). The van der Waals surface area contributed by atoms with Crippen molar-refractivity contribution in [3.63, 3.8) is 0 Å². The van der Waals surface area contributed by atoms with Crippen LogP contribution >= 0.6 is 0 Å². The van der Waals surface area contributed by atoms with Gasteiger partial charge >= 0.3 is 0 Å². The van der Waals surface area contributed by atoms with Gasteiger partial charge in [-0.15, -0.1) is 0 Å². The van der Waals surface area contributed by atoms with Crippen LogP contribution in [0.4, 0.5) is 0 Å². The molecule has 2 N–H and O–H groups in total. The highest BCUT2D eigenvalue weighted by molar-refractivity contribution is 7.88. The normalized spacial score (nSPS) is 26.3. The van der Waals surface area contributed by atoms with Gasteiger partial charge in [0.05, 0.1) is 5.75 Å². The Morgan fingerprint density at radius 2 is 1.87 bits per heavy atom. The van der Waals surface area contributed by atoms with Crippen molar-refractivity contribution >= 4 is 15.9 Å². The van der Waals surface area contributed by atoms with E-state index < -0.39 is 10.0 Å². The molecule has 0 aromatic heterocycles. The first-order valence-electron chi connectivity index (χ1n) is 8.32. The zero-order valence-electron chi connectivity index (χ0n) is 13.2.